The van der Waals surface area contributed by atoms with Crippen molar-refractivity contribution in [2.45, 2.75) is 0 Å². The molecule has 1 aromatic heterocycles. The molecule has 0 radical (unpaired) electrons. The summed E-state index contributed by atoms with van der Waals surface area (Å²) in [6.07, 6.45) is 5.10. The van der Waals surface area contributed by atoms with E-state index >= 15 is 0 Å². The number of H-pyrrole nitrogens is 1. The Balaban J connectivity index is 2.05. The lowest BCUT2D eigenvalue weighted by atomic mass is 10.2. The first-order valence-electron chi connectivity index (χ1n) is 6.64. The van der Waals surface area contributed by atoms with Gasteiger partial charge in [-0.3, -0.25) is 0 Å². The molecule has 0 aliphatic carbocycles. The summed E-state index contributed by atoms with van der Waals surface area (Å²) < 4.78 is 6.63. The fraction of sp³-hybridized carbons (Fsp3) is 0.0588. The predicted molar refractivity (Wildman–Crippen MR) is 96.0 cm³/mol. The number of hydrogen-bond donors (Lipinski definition) is 1. The van der Waals surface area contributed by atoms with E-state index < -0.39 is 5.97 Å². The third kappa shape index (κ3) is 3.31. The molecule has 0 aliphatic heterocycles. The number of nitrogens with zero attached hydrogens (tertiary/aromatic N) is 1. The Kier molecular flexibility index (Phi) is 4.51. The van der Waals surface area contributed by atoms with E-state index in [4.69, 9.17) is 11.2 Å². The molecule has 4 nitrogen and oxygen atoms in total. The zero-order valence-corrected chi connectivity index (χ0v) is 14.9. The lowest BCUT2D eigenvalue weighted by Gasteiger charge is -2.02. The number of hydrogen-bond acceptors (Lipinski definition) is 3. The Morgan fingerprint density at radius 3 is 2.87 bits per heavy atom. The molecule has 114 valence electrons. The summed E-state index contributed by atoms with van der Waals surface area (Å²) in [5, 5.41) is 0. The summed E-state index contributed by atoms with van der Waals surface area (Å²) in [6, 6.07) is 11.2. The number of ether oxygens (including phenoxy) is 1. The summed E-state index contributed by atoms with van der Waals surface area (Å²) in [5.74, 6) is 2.52. The largest absolute Gasteiger partial charge is 0.449 e. The van der Waals surface area contributed by atoms with Crippen molar-refractivity contribution in [3.05, 3.63) is 50.9 Å². The SMILES string of the molecule is C#CCOC(=O)c1cc(Br)c2nc(-c3cccc(Br)c3)[nH]c2c1. The highest BCUT2D eigenvalue weighted by molar-refractivity contribution is 9.11. The van der Waals surface area contributed by atoms with Gasteiger partial charge in [0.15, 0.2) is 6.61 Å². The van der Waals surface area contributed by atoms with Crippen LogP contribution in [-0.4, -0.2) is 22.5 Å². The number of halogens is 2. The van der Waals surface area contributed by atoms with E-state index in [1.807, 2.05) is 24.3 Å². The van der Waals surface area contributed by atoms with Gasteiger partial charge >= 0.3 is 5.97 Å². The van der Waals surface area contributed by atoms with Gasteiger partial charge in [0.25, 0.3) is 0 Å². The van der Waals surface area contributed by atoms with E-state index in [-0.39, 0.29) is 6.61 Å². The second kappa shape index (κ2) is 6.57. The van der Waals surface area contributed by atoms with Gasteiger partial charge in [-0.15, -0.1) is 6.42 Å². The maximum atomic E-state index is 11.9. The molecule has 3 rings (SSSR count). The Hall–Kier alpha value is -2.10. The number of rotatable bonds is 3. The van der Waals surface area contributed by atoms with Crippen LogP contribution in [0.5, 0.6) is 0 Å². The number of carbonyl (C=O) groups excluding carboxylic acids is 1. The predicted octanol–water partition coefficient (Wildman–Crippen LogP) is 4.54. The van der Waals surface area contributed by atoms with Crippen LogP contribution in [0.3, 0.4) is 0 Å². The number of fused-ring (bicyclic) bond motifs is 1. The van der Waals surface area contributed by atoms with Gasteiger partial charge in [0.2, 0.25) is 0 Å². The minimum Gasteiger partial charge on any atom is -0.449 e. The molecule has 0 bridgehead atoms. The van der Waals surface area contributed by atoms with Crippen LogP contribution in [0.2, 0.25) is 0 Å². The van der Waals surface area contributed by atoms with Gasteiger partial charge in [-0.1, -0.05) is 34.0 Å². The summed E-state index contributed by atoms with van der Waals surface area (Å²) >= 11 is 6.89. The fourth-order valence-electron chi connectivity index (χ4n) is 2.16. The first kappa shape index (κ1) is 15.8. The van der Waals surface area contributed by atoms with Gasteiger partial charge < -0.3 is 9.72 Å². The summed E-state index contributed by atoms with van der Waals surface area (Å²) in [5.41, 5.74) is 2.83. The minimum atomic E-state index is -0.468. The van der Waals surface area contributed by atoms with Gasteiger partial charge in [0.05, 0.1) is 11.1 Å². The molecule has 0 atom stereocenters. The average molecular weight is 434 g/mol. The molecule has 23 heavy (non-hydrogen) atoms. The average Bonchev–Trinajstić information content (AvgIpc) is 2.97. The number of carbonyl (C=O) groups is 1. The normalized spacial score (nSPS) is 10.5. The van der Waals surface area contributed by atoms with Crippen molar-refractivity contribution < 1.29 is 9.53 Å². The van der Waals surface area contributed by atoms with Crippen molar-refractivity contribution in [3.8, 4) is 23.7 Å². The quantitative estimate of drug-likeness (QED) is 0.487. The van der Waals surface area contributed by atoms with Crippen LogP contribution < -0.4 is 0 Å². The maximum absolute atomic E-state index is 11.9. The third-order valence-corrected chi connectivity index (χ3v) is 4.26. The minimum absolute atomic E-state index is 0.0548. The van der Waals surface area contributed by atoms with Crippen LogP contribution in [0.1, 0.15) is 10.4 Å². The Bertz CT molecular complexity index is 941. The van der Waals surface area contributed by atoms with Crippen molar-refractivity contribution in [2.75, 3.05) is 6.61 Å². The highest BCUT2D eigenvalue weighted by Gasteiger charge is 2.14. The molecular weight excluding hydrogens is 424 g/mol. The Labute approximate surface area is 149 Å². The first-order valence-corrected chi connectivity index (χ1v) is 8.23. The molecule has 0 aliphatic rings. The zero-order chi connectivity index (χ0) is 16.4. The number of imidazole rings is 1. The monoisotopic (exact) mass is 432 g/mol. The first-order chi connectivity index (χ1) is 11.1. The van der Waals surface area contributed by atoms with Crippen molar-refractivity contribution in [1.29, 1.82) is 0 Å². The van der Waals surface area contributed by atoms with E-state index in [1.54, 1.807) is 12.1 Å². The van der Waals surface area contributed by atoms with E-state index in [1.165, 1.54) is 0 Å². The molecule has 0 amide bonds. The molecule has 0 unspecified atom stereocenters. The van der Waals surface area contributed by atoms with Gasteiger partial charge in [-0.05, 0) is 40.2 Å². The van der Waals surface area contributed by atoms with Crippen LogP contribution in [0.4, 0.5) is 0 Å². The standard InChI is InChI=1S/C17H10Br2N2O2/c1-2-6-23-17(22)11-8-13(19)15-14(9-11)20-16(21-15)10-4-3-5-12(18)7-10/h1,3-5,7-9H,6H2,(H,20,21). The van der Waals surface area contributed by atoms with E-state index in [0.29, 0.717) is 10.0 Å². The highest BCUT2D eigenvalue weighted by atomic mass is 79.9. The van der Waals surface area contributed by atoms with Crippen LogP contribution in [0, 0.1) is 12.3 Å². The highest BCUT2D eigenvalue weighted by Crippen LogP contribution is 2.28. The number of aromatic nitrogens is 2. The molecule has 1 N–H and O–H groups in total. The number of nitrogens with one attached hydrogen (secondary N) is 1. The molecule has 1 heterocycles. The van der Waals surface area contributed by atoms with Crippen molar-refractivity contribution >= 4 is 48.9 Å². The van der Waals surface area contributed by atoms with Crippen molar-refractivity contribution in [3.63, 3.8) is 0 Å². The molecule has 3 aromatic rings. The fourth-order valence-corrected chi connectivity index (χ4v) is 3.10. The summed E-state index contributed by atoms with van der Waals surface area (Å²) in [6.45, 7) is -0.0548. The lowest BCUT2D eigenvalue weighted by Crippen LogP contribution is -2.05. The number of aromatic amines is 1. The summed E-state index contributed by atoms with van der Waals surface area (Å²) in [4.78, 5) is 19.7. The molecule has 0 saturated heterocycles. The summed E-state index contributed by atoms with van der Waals surface area (Å²) in [7, 11) is 0. The van der Waals surface area contributed by atoms with Gasteiger partial charge in [0, 0.05) is 14.5 Å². The molecule has 0 fully saturated rings. The van der Waals surface area contributed by atoms with Gasteiger partial charge in [0.1, 0.15) is 11.3 Å². The van der Waals surface area contributed by atoms with E-state index in [2.05, 4.69) is 47.7 Å². The van der Waals surface area contributed by atoms with Gasteiger partial charge in [-0.25, -0.2) is 9.78 Å². The van der Waals surface area contributed by atoms with Crippen LogP contribution in [0.15, 0.2) is 45.3 Å². The zero-order valence-electron chi connectivity index (χ0n) is 11.8. The lowest BCUT2D eigenvalue weighted by molar-refractivity contribution is 0.0557. The Morgan fingerprint density at radius 2 is 2.13 bits per heavy atom. The maximum Gasteiger partial charge on any atom is 0.339 e. The molecule has 0 saturated carbocycles. The van der Waals surface area contributed by atoms with Crippen molar-refractivity contribution in [2.24, 2.45) is 0 Å². The molecule has 2 aromatic carbocycles. The topological polar surface area (TPSA) is 55.0 Å². The Morgan fingerprint density at radius 1 is 1.30 bits per heavy atom. The number of benzene rings is 2. The molecule has 0 spiro atoms. The third-order valence-electron chi connectivity index (χ3n) is 3.16. The second-order valence-electron chi connectivity index (χ2n) is 4.73. The van der Waals surface area contributed by atoms with Crippen LogP contribution in [-0.2, 0) is 4.74 Å². The van der Waals surface area contributed by atoms with E-state index in [0.717, 1.165) is 26.9 Å². The van der Waals surface area contributed by atoms with Crippen LogP contribution in [0.25, 0.3) is 22.4 Å². The second-order valence-corrected chi connectivity index (χ2v) is 6.50. The number of esters is 1. The molecule has 6 heteroatoms. The molecular formula is C17H10Br2N2O2. The van der Waals surface area contributed by atoms with Crippen LogP contribution >= 0.6 is 31.9 Å². The smallest absolute Gasteiger partial charge is 0.339 e. The van der Waals surface area contributed by atoms with Gasteiger partial charge in [-0.2, -0.15) is 0 Å². The van der Waals surface area contributed by atoms with E-state index in [9.17, 15) is 4.79 Å². The number of terminal acetylenes is 1. The van der Waals surface area contributed by atoms with Crippen molar-refractivity contribution in [1.82, 2.24) is 9.97 Å².